The van der Waals surface area contributed by atoms with Gasteiger partial charge in [0.2, 0.25) is 0 Å². The molecule has 3 nitrogen and oxygen atoms in total. The van der Waals surface area contributed by atoms with E-state index in [0.29, 0.717) is 0 Å². The Hall–Kier alpha value is -1.16. The zero-order valence-electron chi connectivity index (χ0n) is 11.8. The highest BCUT2D eigenvalue weighted by Gasteiger charge is 2.49. The van der Waals surface area contributed by atoms with Gasteiger partial charge in [0.05, 0.1) is 5.25 Å². The van der Waals surface area contributed by atoms with Gasteiger partial charge < -0.3 is 10.1 Å². The first-order valence-electron chi connectivity index (χ1n) is 7.41. The summed E-state index contributed by atoms with van der Waals surface area (Å²) in [5.74, 6) is 0. The number of carbonyl (C=O) groups is 1. The van der Waals surface area contributed by atoms with E-state index in [-0.39, 0.29) is 23.0 Å². The lowest BCUT2D eigenvalue weighted by atomic mass is 9.79. The molecule has 3 rings (SSSR count). The maximum absolute atomic E-state index is 11.8. The molecule has 1 amide bonds. The highest BCUT2D eigenvalue weighted by atomic mass is 32.2. The predicted molar refractivity (Wildman–Crippen MR) is 81.0 cm³/mol. The van der Waals surface area contributed by atoms with Crippen molar-refractivity contribution in [1.82, 2.24) is 5.32 Å². The van der Waals surface area contributed by atoms with Crippen LogP contribution in [0.4, 0.5) is 4.79 Å². The second-order valence-electron chi connectivity index (χ2n) is 5.80. The summed E-state index contributed by atoms with van der Waals surface area (Å²) < 4.78 is 5.80. The Morgan fingerprint density at radius 3 is 2.60 bits per heavy atom. The van der Waals surface area contributed by atoms with Crippen LogP contribution in [0.1, 0.15) is 39.0 Å². The molecule has 0 unspecified atom stereocenters. The molecule has 0 bridgehead atoms. The van der Waals surface area contributed by atoms with Crippen molar-refractivity contribution >= 4 is 17.9 Å². The molecule has 1 N–H and O–H groups in total. The van der Waals surface area contributed by atoms with Gasteiger partial charge in [-0.1, -0.05) is 24.6 Å². The molecule has 1 saturated carbocycles. The molecule has 1 spiro atoms. The molecule has 1 aromatic rings. The van der Waals surface area contributed by atoms with Crippen LogP contribution in [0.5, 0.6) is 0 Å². The highest BCUT2D eigenvalue weighted by Crippen LogP contribution is 2.45. The minimum atomic E-state index is -0.277. The van der Waals surface area contributed by atoms with Gasteiger partial charge in [0.15, 0.2) is 0 Å². The number of alkyl carbamates (subject to hydrolysis) is 1. The molecule has 108 valence electrons. The van der Waals surface area contributed by atoms with Crippen molar-refractivity contribution in [2.24, 2.45) is 0 Å². The summed E-state index contributed by atoms with van der Waals surface area (Å²) in [5, 5.41) is 3.22. The van der Waals surface area contributed by atoms with Gasteiger partial charge in [-0.15, -0.1) is 11.8 Å². The van der Waals surface area contributed by atoms with Crippen LogP contribution >= 0.6 is 11.8 Å². The van der Waals surface area contributed by atoms with Gasteiger partial charge in [0, 0.05) is 10.9 Å². The standard InChI is InChI=1S/C16H21NO2S/c1-12-14(20-13-8-4-2-5-9-13)16(19-15(18)17-12)10-6-3-7-11-16/h2,4-5,8-9,12,14H,3,6-7,10-11H2,1H3,(H,17,18)/t12-,14+/m0/s1. The second kappa shape index (κ2) is 5.68. The lowest BCUT2D eigenvalue weighted by Crippen LogP contribution is -2.61. The van der Waals surface area contributed by atoms with Gasteiger partial charge in [-0.2, -0.15) is 0 Å². The van der Waals surface area contributed by atoms with Crippen molar-refractivity contribution in [3.05, 3.63) is 30.3 Å². The first-order valence-corrected chi connectivity index (χ1v) is 8.29. The van der Waals surface area contributed by atoms with E-state index in [1.807, 2.05) is 17.8 Å². The van der Waals surface area contributed by atoms with E-state index in [4.69, 9.17) is 4.74 Å². The van der Waals surface area contributed by atoms with E-state index in [9.17, 15) is 4.79 Å². The van der Waals surface area contributed by atoms with Crippen molar-refractivity contribution in [2.45, 2.75) is 60.8 Å². The van der Waals surface area contributed by atoms with Gasteiger partial charge in [-0.25, -0.2) is 4.79 Å². The molecule has 20 heavy (non-hydrogen) atoms. The number of hydrogen-bond donors (Lipinski definition) is 1. The molecule has 2 atom stereocenters. The SMILES string of the molecule is C[C@@H]1NC(=O)OC2(CCCCC2)[C@@H]1Sc1ccccc1. The van der Waals surface area contributed by atoms with E-state index >= 15 is 0 Å². The molecule has 2 aliphatic rings. The molecule has 1 aromatic carbocycles. The second-order valence-corrected chi connectivity index (χ2v) is 7.01. The number of benzene rings is 1. The summed E-state index contributed by atoms with van der Waals surface area (Å²) in [7, 11) is 0. The summed E-state index contributed by atoms with van der Waals surface area (Å²) in [6.45, 7) is 2.09. The lowest BCUT2D eigenvalue weighted by molar-refractivity contribution is -0.0427. The van der Waals surface area contributed by atoms with Crippen LogP contribution in [0.25, 0.3) is 0 Å². The zero-order chi connectivity index (χ0) is 14.0. The van der Waals surface area contributed by atoms with Crippen LogP contribution in [0.2, 0.25) is 0 Å². The largest absolute Gasteiger partial charge is 0.442 e. The minimum absolute atomic E-state index is 0.138. The topological polar surface area (TPSA) is 38.3 Å². The Morgan fingerprint density at radius 2 is 1.90 bits per heavy atom. The molecule has 1 aliphatic carbocycles. The van der Waals surface area contributed by atoms with Crippen molar-refractivity contribution in [3.63, 3.8) is 0 Å². The van der Waals surface area contributed by atoms with Gasteiger partial charge >= 0.3 is 6.09 Å². The summed E-state index contributed by atoms with van der Waals surface area (Å²) in [6, 6.07) is 10.5. The summed E-state index contributed by atoms with van der Waals surface area (Å²) in [6.07, 6.45) is 5.32. The summed E-state index contributed by atoms with van der Waals surface area (Å²) in [5.41, 5.74) is -0.277. The number of hydrogen-bond acceptors (Lipinski definition) is 3. The van der Waals surface area contributed by atoms with Crippen molar-refractivity contribution in [1.29, 1.82) is 0 Å². The van der Waals surface area contributed by atoms with E-state index < -0.39 is 0 Å². The first-order chi connectivity index (χ1) is 9.70. The number of rotatable bonds is 2. The van der Waals surface area contributed by atoms with E-state index in [1.54, 1.807) is 0 Å². The molecule has 1 saturated heterocycles. The Labute approximate surface area is 124 Å². The predicted octanol–water partition coefficient (Wildman–Crippen LogP) is 3.98. The minimum Gasteiger partial charge on any atom is -0.442 e. The van der Waals surface area contributed by atoms with Crippen molar-refractivity contribution in [3.8, 4) is 0 Å². The van der Waals surface area contributed by atoms with E-state index in [2.05, 4.69) is 36.5 Å². The number of carbonyl (C=O) groups excluding carboxylic acids is 1. The van der Waals surface area contributed by atoms with Crippen LogP contribution in [-0.4, -0.2) is 23.0 Å². The third-order valence-corrected chi connectivity index (χ3v) is 5.96. The molecular formula is C16H21NO2S. The number of ether oxygens (including phenoxy) is 1. The zero-order valence-corrected chi connectivity index (χ0v) is 12.6. The van der Waals surface area contributed by atoms with Crippen LogP contribution in [0.3, 0.4) is 0 Å². The fourth-order valence-electron chi connectivity index (χ4n) is 3.38. The van der Waals surface area contributed by atoms with Gasteiger partial charge in [0.1, 0.15) is 5.60 Å². The fourth-order valence-corrected chi connectivity index (χ4v) is 4.76. The Balaban J connectivity index is 1.85. The maximum atomic E-state index is 11.8. The highest BCUT2D eigenvalue weighted by molar-refractivity contribution is 8.00. The van der Waals surface area contributed by atoms with Gasteiger partial charge in [-0.05, 0) is 44.7 Å². The van der Waals surface area contributed by atoms with E-state index in [1.165, 1.54) is 11.3 Å². The molecular weight excluding hydrogens is 270 g/mol. The van der Waals surface area contributed by atoms with Crippen LogP contribution < -0.4 is 5.32 Å². The molecule has 1 aliphatic heterocycles. The first kappa shape index (κ1) is 13.8. The van der Waals surface area contributed by atoms with Crippen LogP contribution in [0, 0.1) is 0 Å². The van der Waals surface area contributed by atoms with E-state index in [0.717, 1.165) is 25.7 Å². The third kappa shape index (κ3) is 2.66. The molecule has 0 radical (unpaired) electrons. The molecule has 0 aromatic heterocycles. The number of amides is 1. The quantitative estimate of drug-likeness (QED) is 0.895. The molecule has 1 heterocycles. The molecule has 4 heteroatoms. The third-order valence-electron chi connectivity index (χ3n) is 4.32. The van der Waals surface area contributed by atoms with Crippen molar-refractivity contribution in [2.75, 3.05) is 0 Å². The monoisotopic (exact) mass is 291 g/mol. The maximum Gasteiger partial charge on any atom is 0.407 e. The fraction of sp³-hybridized carbons (Fsp3) is 0.562. The molecule has 2 fully saturated rings. The van der Waals surface area contributed by atoms with Gasteiger partial charge in [0.25, 0.3) is 0 Å². The van der Waals surface area contributed by atoms with Crippen LogP contribution in [-0.2, 0) is 4.74 Å². The Kier molecular flexibility index (Phi) is 3.92. The smallest absolute Gasteiger partial charge is 0.407 e. The average molecular weight is 291 g/mol. The lowest BCUT2D eigenvalue weighted by Gasteiger charge is -2.48. The summed E-state index contributed by atoms with van der Waals surface area (Å²) in [4.78, 5) is 13.0. The summed E-state index contributed by atoms with van der Waals surface area (Å²) >= 11 is 1.84. The number of thioether (sulfide) groups is 1. The Bertz CT molecular complexity index is 471. The van der Waals surface area contributed by atoms with Crippen LogP contribution in [0.15, 0.2) is 35.2 Å². The van der Waals surface area contributed by atoms with Crippen molar-refractivity contribution < 1.29 is 9.53 Å². The number of nitrogens with one attached hydrogen (secondary N) is 1. The van der Waals surface area contributed by atoms with Gasteiger partial charge in [-0.3, -0.25) is 0 Å². The Morgan fingerprint density at radius 1 is 1.20 bits per heavy atom. The average Bonchev–Trinajstić information content (AvgIpc) is 2.45. The normalized spacial score (nSPS) is 28.8.